The Morgan fingerprint density at radius 2 is 1.89 bits per heavy atom. The van der Waals surface area contributed by atoms with Gasteiger partial charge in [-0.3, -0.25) is 0 Å². The van der Waals surface area contributed by atoms with E-state index in [9.17, 15) is 0 Å². The molecule has 0 amide bonds. The molecule has 0 heterocycles. The van der Waals surface area contributed by atoms with Gasteiger partial charge in [0.05, 0.1) is 0 Å². The second-order valence-electron chi connectivity index (χ2n) is 2.41. The fourth-order valence-electron chi connectivity index (χ4n) is 0.531. The maximum atomic E-state index is 9.07. The van der Waals surface area contributed by atoms with Gasteiger partial charge in [0.25, 0.3) is 0 Å². The largest absolute Gasteiger partial charge is 0.376 e. The van der Waals surface area contributed by atoms with Gasteiger partial charge in [-0.05, 0) is 12.8 Å². The Kier molecular flexibility index (Phi) is 3.77. The van der Waals surface area contributed by atoms with E-state index in [0.29, 0.717) is 6.54 Å². The maximum Gasteiger partial charge on any atom is 0.131 e. The maximum absolute atomic E-state index is 9.07. The minimum Gasteiger partial charge on any atom is -0.376 e. The summed E-state index contributed by atoms with van der Waals surface area (Å²) in [6.45, 7) is 5.94. The van der Waals surface area contributed by atoms with E-state index < -0.39 is 6.23 Å². The van der Waals surface area contributed by atoms with Gasteiger partial charge >= 0.3 is 0 Å². The van der Waals surface area contributed by atoms with Crippen LogP contribution in [0.15, 0.2) is 0 Å². The van der Waals surface area contributed by atoms with Crippen LogP contribution in [0.5, 0.6) is 0 Å². The summed E-state index contributed by atoms with van der Waals surface area (Å²) in [5, 5.41) is 18.9. The van der Waals surface area contributed by atoms with Crippen LogP contribution in [0.4, 0.5) is 0 Å². The van der Waals surface area contributed by atoms with Crippen LogP contribution in [0.3, 0.4) is 0 Å². The normalized spacial score (nSPS) is 15.0. The number of aliphatic hydroxyl groups is 1. The molecule has 0 aliphatic carbocycles. The zero-order chi connectivity index (χ0) is 7.44. The molecule has 0 bridgehead atoms. The molecule has 0 radical (unpaired) electrons. The van der Waals surface area contributed by atoms with Crippen molar-refractivity contribution in [2.75, 3.05) is 6.54 Å². The van der Waals surface area contributed by atoms with Gasteiger partial charge in [-0.15, -0.1) is 0 Å². The second kappa shape index (κ2) is 3.82. The third-order valence-corrected chi connectivity index (χ3v) is 1.23. The van der Waals surface area contributed by atoms with Crippen molar-refractivity contribution in [2.24, 2.45) is 5.92 Å². The minimum atomic E-state index is -0.727. The summed E-state index contributed by atoms with van der Waals surface area (Å²) in [4.78, 5) is 0. The van der Waals surface area contributed by atoms with Crippen molar-refractivity contribution in [3.63, 3.8) is 0 Å². The molecule has 0 fully saturated rings. The fourth-order valence-corrected chi connectivity index (χ4v) is 0.531. The predicted molar refractivity (Wildman–Crippen MR) is 35.0 cm³/mol. The van der Waals surface area contributed by atoms with Crippen molar-refractivity contribution in [2.45, 2.75) is 27.0 Å². The molecule has 0 aliphatic heterocycles. The standard InChI is InChI=1S/C6H15NO2/c1-4-7(9)6(8)5(2)3/h5-6,8-9H,4H2,1-3H3. The van der Waals surface area contributed by atoms with Crippen LogP contribution in [-0.4, -0.2) is 28.1 Å². The van der Waals surface area contributed by atoms with E-state index in [-0.39, 0.29) is 5.92 Å². The van der Waals surface area contributed by atoms with E-state index >= 15 is 0 Å². The molecule has 0 aromatic carbocycles. The quantitative estimate of drug-likeness (QED) is 0.439. The monoisotopic (exact) mass is 133 g/mol. The summed E-state index contributed by atoms with van der Waals surface area (Å²) < 4.78 is 0. The van der Waals surface area contributed by atoms with Gasteiger partial charge in [0.1, 0.15) is 6.23 Å². The van der Waals surface area contributed by atoms with E-state index in [1.54, 1.807) is 6.92 Å². The van der Waals surface area contributed by atoms with Crippen LogP contribution < -0.4 is 0 Å². The van der Waals surface area contributed by atoms with Gasteiger partial charge in [0.2, 0.25) is 0 Å². The van der Waals surface area contributed by atoms with E-state index in [2.05, 4.69) is 0 Å². The molecule has 56 valence electrons. The van der Waals surface area contributed by atoms with Crippen LogP contribution in [0.25, 0.3) is 0 Å². The summed E-state index contributed by atoms with van der Waals surface area (Å²) in [7, 11) is 0. The van der Waals surface area contributed by atoms with E-state index in [1.165, 1.54) is 0 Å². The first-order valence-electron chi connectivity index (χ1n) is 3.23. The van der Waals surface area contributed by atoms with Crippen molar-refractivity contribution in [3.8, 4) is 0 Å². The van der Waals surface area contributed by atoms with Crippen molar-refractivity contribution >= 4 is 0 Å². The van der Waals surface area contributed by atoms with Crippen LogP contribution >= 0.6 is 0 Å². The first-order chi connectivity index (χ1) is 4.09. The Balaban J connectivity index is 3.58. The molecule has 0 spiro atoms. The minimum absolute atomic E-state index is 0.0787. The van der Waals surface area contributed by atoms with Crippen molar-refractivity contribution in [1.82, 2.24) is 5.06 Å². The molecule has 9 heavy (non-hydrogen) atoms. The summed E-state index contributed by atoms with van der Waals surface area (Å²) >= 11 is 0. The molecule has 1 atom stereocenters. The molecule has 0 aliphatic rings. The summed E-state index contributed by atoms with van der Waals surface area (Å²) in [5.41, 5.74) is 0. The molecule has 0 aromatic rings. The Hall–Kier alpha value is -0.120. The lowest BCUT2D eigenvalue weighted by molar-refractivity contribution is -0.207. The molecule has 0 saturated carbocycles. The lowest BCUT2D eigenvalue weighted by atomic mass is 10.2. The molecular formula is C6H15NO2. The predicted octanol–water partition coefficient (Wildman–Crippen LogP) is 0.672. The smallest absolute Gasteiger partial charge is 0.131 e. The third kappa shape index (κ3) is 2.79. The SMILES string of the molecule is CCN(O)C(O)C(C)C. The van der Waals surface area contributed by atoms with Gasteiger partial charge in [-0.25, -0.2) is 0 Å². The molecule has 0 rings (SSSR count). The van der Waals surface area contributed by atoms with Gasteiger partial charge in [0.15, 0.2) is 0 Å². The fraction of sp³-hybridized carbons (Fsp3) is 1.00. The highest BCUT2D eigenvalue weighted by atomic mass is 16.5. The number of hydroxylamine groups is 2. The van der Waals surface area contributed by atoms with Gasteiger partial charge in [-0.2, -0.15) is 5.06 Å². The zero-order valence-electron chi connectivity index (χ0n) is 6.20. The molecule has 0 saturated heterocycles. The zero-order valence-corrected chi connectivity index (χ0v) is 6.20. The molecule has 3 nitrogen and oxygen atoms in total. The highest BCUT2D eigenvalue weighted by molar-refractivity contribution is 4.53. The van der Waals surface area contributed by atoms with Crippen molar-refractivity contribution < 1.29 is 10.3 Å². The Morgan fingerprint density at radius 1 is 1.44 bits per heavy atom. The van der Waals surface area contributed by atoms with Crippen LogP contribution in [0.2, 0.25) is 0 Å². The highest BCUT2D eigenvalue weighted by Gasteiger charge is 2.13. The lowest BCUT2D eigenvalue weighted by Crippen LogP contribution is -2.35. The number of rotatable bonds is 3. The first kappa shape index (κ1) is 8.88. The summed E-state index contributed by atoms with van der Waals surface area (Å²) in [6, 6.07) is 0. The van der Waals surface area contributed by atoms with Crippen LogP contribution in [-0.2, 0) is 0 Å². The first-order valence-corrected chi connectivity index (χ1v) is 3.23. The van der Waals surface area contributed by atoms with Gasteiger partial charge in [0, 0.05) is 6.54 Å². The number of hydrogen-bond acceptors (Lipinski definition) is 3. The summed E-state index contributed by atoms with van der Waals surface area (Å²) in [5.74, 6) is 0.0787. The lowest BCUT2D eigenvalue weighted by Gasteiger charge is -2.22. The van der Waals surface area contributed by atoms with Crippen molar-refractivity contribution in [3.05, 3.63) is 0 Å². The van der Waals surface area contributed by atoms with E-state index in [1.807, 2.05) is 13.8 Å². The third-order valence-electron chi connectivity index (χ3n) is 1.23. The molecule has 0 aromatic heterocycles. The van der Waals surface area contributed by atoms with E-state index in [4.69, 9.17) is 10.3 Å². The molecule has 2 N–H and O–H groups in total. The molecule has 1 unspecified atom stereocenters. The van der Waals surface area contributed by atoms with Gasteiger partial charge < -0.3 is 10.3 Å². The Labute approximate surface area is 55.9 Å². The van der Waals surface area contributed by atoms with Crippen LogP contribution in [0, 0.1) is 5.92 Å². The van der Waals surface area contributed by atoms with Gasteiger partial charge in [-0.1, -0.05) is 13.8 Å². The molecular weight excluding hydrogens is 118 g/mol. The number of nitrogens with zero attached hydrogens (tertiary/aromatic N) is 1. The summed E-state index contributed by atoms with van der Waals surface area (Å²) in [6.07, 6.45) is -0.727. The number of aliphatic hydroxyl groups excluding tert-OH is 1. The average Bonchev–Trinajstić information content (AvgIpc) is 1.84. The topological polar surface area (TPSA) is 43.7 Å². The van der Waals surface area contributed by atoms with E-state index in [0.717, 1.165) is 5.06 Å². The molecule has 3 heteroatoms. The van der Waals surface area contributed by atoms with Crippen molar-refractivity contribution in [1.29, 1.82) is 0 Å². The Bertz CT molecular complexity index is 75.5. The second-order valence-corrected chi connectivity index (χ2v) is 2.41. The Morgan fingerprint density at radius 3 is 2.00 bits per heavy atom. The number of hydrogen-bond donors (Lipinski definition) is 2. The highest BCUT2D eigenvalue weighted by Crippen LogP contribution is 2.03. The van der Waals surface area contributed by atoms with Crippen LogP contribution in [0.1, 0.15) is 20.8 Å². The average molecular weight is 133 g/mol.